The number of nitrogens with zero attached hydrogens (tertiary/aromatic N) is 2. The number of hydrogen-bond donors (Lipinski definition) is 2. The van der Waals surface area contributed by atoms with Crippen molar-refractivity contribution in [3.8, 4) is 5.75 Å². The van der Waals surface area contributed by atoms with Crippen LogP contribution >= 0.6 is 0 Å². The molecule has 1 fully saturated rings. The summed E-state index contributed by atoms with van der Waals surface area (Å²) in [4.78, 5) is 8.84. The number of aromatic nitrogens is 2. The predicted molar refractivity (Wildman–Crippen MR) is 101 cm³/mol. The lowest BCUT2D eigenvalue weighted by Gasteiger charge is -2.36. The van der Waals surface area contributed by atoms with Crippen molar-refractivity contribution >= 4 is 5.95 Å². The van der Waals surface area contributed by atoms with Gasteiger partial charge in [-0.1, -0.05) is 44.2 Å². The summed E-state index contributed by atoms with van der Waals surface area (Å²) < 4.78 is 5.74. The van der Waals surface area contributed by atoms with Gasteiger partial charge in [0.1, 0.15) is 6.61 Å². The van der Waals surface area contributed by atoms with E-state index in [0.29, 0.717) is 36.4 Å². The molecule has 1 aromatic carbocycles. The van der Waals surface area contributed by atoms with Crippen LogP contribution in [-0.4, -0.2) is 28.1 Å². The predicted octanol–water partition coefficient (Wildman–Crippen LogP) is 3.78. The molecule has 0 aliphatic carbocycles. The van der Waals surface area contributed by atoms with Crippen LogP contribution in [0.3, 0.4) is 0 Å². The molecule has 2 N–H and O–H groups in total. The molecule has 134 valence electrons. The van der Waals surface area contributed by atoms with Gasteiger partial charge in [0.15, 0.2) is 5.75 Å². The van der Waals surface area contributed by atoms with E-state index in [0.717, 1.165) is 31.2 Å². The number of nitrogens with one attached hydrogen (secondary N) is 2. The highest BCUT2D eigenvalue weighted by Crippen LogP contribution is 2.21. The number of piperidine rings is 1. The van der Waals surface area contributed by atoms with E-state index < -0.39 is 0 Å². The molecule has 5 nitrogen and oxygen atoms in total. The zero-order valence-corrected chi connectivity index (χ0v) is 15.1. The summed E-state index contributed by atoms with van der Waals surface area (Å²) in [5.74, 6) is 1.38. The zero-order valence-electron chi connectivity index (χ0n) is 15.1. The molecule has 25 heavy (non-hydrogen) atoms. The van der Waals surface area contributed by atoms with Gasteiger partial charge in [0.25, 0.3) is 0 Å². The van der Waals surface area contributed by atoms with Gasteiger partial charge in [0.2, 0.25) is 5.95 Å². The Bertz CT molecular complexity index is 620. The molecule has 0 amide bonds. The highest BCUT2D eigenvalue weighted by atomic mass is 16.5. The summed E-state index contributed by atoms with van der Waals surface area (Å²) in [7, 11) is 0. The zero-order chi connectivity index (χ0) is 17.5. The van der Waals surface area contributed by atoms with Gasteiger partial charge in [-0.15, -0.1) is 0 Å². The second kappa shape index (κ2) is 8.81. The quantitative estimate of drug-likeness (QED) is 0.803. The maximum Gasteiger partial charge on any atom is 0.223 e. The highest BCUT2D eigenvalue weighted by Gasteiger charge is 2.26. The molecule has 0 bridgehead atoms. The van der Waals surface area contributed by atoms with Crippen molar-refractivity contribution in [1.82, 2.24) is 15.3 Å². The Hall–Kier alpha value is -2.14. The van der Waals surface area contributed by atoms with E-state index in [1.54, 1.807) is 12.4 Å². The first-order chi connectivity index (χ1) is 12.3. The first kappa shape index (κ1) is 17.7. The van der Waals surface area contributed by atoms with Crippen LogP contribution < -0.4 is 15.4 Å². The second-order valence-corrected chi connectivity index (χ2v) is 6.71. The normalized spacial score (nSPS) is 23.2. The van der Waals surface area contributed by atoms with Gasteiger partial charge < -0.3 is 15.4 Å². The van der Waals surface area contributed by atoms with Crippen molar-refractivity contribution < 1.29 is 4.74 Å². The third-order valence-electron chi connectivity index (χ3n) is 4.80. The average molecular weight is 340 g/mol. The Balaban J connectivity index is 1.53. The molecule has 0 radical (unpaired) electrons. The summed E-state index contributed by atoms with van der Waals surface area (Å²) in [6.45, 7) is 5.01. The highest BCUT2D eigenvalue weighted by molar-refractivity contribution is 5.29. The van der Waals surface area contributed by atoms with E-state index >= 15 is 0 Å². The Morgan fingerprint density at radius 1 is 1.04 bits per heavy atom. The van der Waals surface area contributed by atoms with Crippen molar-refractivity contribution in [2.75, 3.05) is 5.32 Å². The van der Waals surface area contributed by atoms with E-state index in [4.69, 9.17) is 4.74 Å². The van der Waals surface area contributed by atoms with Crippen molar-refractivity contribution in [3.05, 3.63) is 48.3 Å². The molecule has 2 atom stereocenters. The lowest BCUT2D eigenvalue weighted by Crippen LogP contribution is -2.49. The maximum absolute atomic E-state index is 5.74. The molecular weight excluding hydrogens is 312 g/mol. The van der Waals surface area contributed by atoms with Crippen LogP contribution in [0.4, 0.5) is 5.95 Å². The molecule has 1 saturated heterocycles. The molecule has 1 aromatic heterocycles. The largest absolute Gasteiger partial charge is 0.486 e. The molecule has 0 saturated carbocycles. The number of rotatable bonds is 7. The summed E-state index contributed by atoms with van der Waals surface area (Å²) in [5.41, 5.74) is 1.13. The molecule has 0 spiro atoms. The molecule has 2 heterocycles. The second-order valence-electron chi connectivity index (χ2n) is 6.71. The number of benzene rings is 1. The van der Waals surface area contributed by atoms with Gasteiger partial charge in [-0.3, -0.25) is 0 Å². The minimum atomic E-state index is 0.423. The lowest BCUT2D eigenvalue weighted by molar-refractivity contribution is 0.289. The smallest absolute Gasteiger partial charge is 0.223 e. The lowest BCUT2D eigenvalue weighted by atomic mass is 9.91. The standard InChI is InChI=1S/C20H28N4O/c1-3-16-10-18(11-17(4-2)23-16)24-20-21-12-19(13-22-20)25-14-15-8-6-5-7-9-15/h5-9,12-13,16-18,23H,3-4,10-11,14H2,1-2H3,(H,21,22,24). The van der Waals surface area contributed by atoms with E-state index in [1.165, 1.54) is 0 Å². The molecule has 1 aliphatic heterocycles. The first-order valence-corrected chi connectivity index (χ1v) is 9.28. The third kappa shape index (κ3) is 5.16. The Morgan fingerprint density at radius 3 is 2.28 bits per heavy atom. The fourth-order valence-electron chi connectivity index (χ4n) is 3.33. The van der Waals surface area contributed by atoms with Crippen molar-refractivity contribution in [2.24, 2.45) is 0 Å². The monoisotopic (exact) mass is 340 g/mol. The van der Waals surface area contributed by atoms with Crippen LogP contribution in [-0.2, 0) is 6.61 Å². The number of anilines is 1. The summed E-state index contributed by atoms with van der Waals surface area (Å²) >= 11 is 0. The summed E-state index contributed by atoms with van der Waals surface area (Å²) in [6, 6.07) is 11.7. The topological polar surface area (TPSA) is 59.1 Å². The van der Waals surface area contributed by atoms with Crippen LogP contribution in [0.5, 0.6) is 5.75 Å². The minimum absolute atomic E-state index is 0.423. The molecule has 3 rings (SSSR count). The van der Waals surface area contributed by atoms with E-state index in [1.807, 2.05) is 30.3 Å². The van der Waals surface area contributed by atoms with Gasteiger partial charge in [-0.25, -0.2) is 9.97 Å². The Kier molecular flexibility index (Phi) is 6.23. The fraction of sp³-hybridized carbons (Fsp3) is 0.500. The molecule has 2 unspecified atom stereocenters. The van der Waals surface area contributed by atoms with Crippen molar-refractivity contribution in [2.45, 2.75) is 64.3 Å². The van der Waals surface area contributed by atoms with Crippen LogP contribution in [0.25, 0.3) is 0 Å². The van der Waals surface area contributed by atoms with Gasteiger partial charge in [0.05, 0.1) is 12.4 Å². The van der Waals surface area contributed by atoms with Crippen molar-refractivity contribution in [1.29, 1.82) is 0 Å². The third-order valence-corrected chi connectivity index (χ3v) is 4.80. The van der Waals surface area contributed by atoms with Gasteiger partial charge in [0, 0.05) is 18.1 Å². The average Bonchev–Trinajstić information content (AvgIpc) is 2.68. The SMILES string of the molecule is CCC1CC(Nc2ncc(OCc3ccccc3)cn2)CC(CC)N1. The van der Waals surface area contributed by atoms with Gasteiger partial charge in [-0.05, 0) is 31.2 Å². The van der Waals surface area contributed by atoms with E-state index in [9.17, 15) is 0 Å². The van der Waals surface area contributed by atoms with Crippen LogP contribution in [0, 0.1) is 0 Å². The molecule has 1 aliphatic rings. The maximum atomic E-state index is 5.74. The number of ether oxygens (including phenoxy) is 1. The molecule has 5 heteroatoms. The van der Waals surface area contributed by atoms with E-state index in [2.05, 4.69) is 34.4 Å². The Morgan fingerprint density at radius 2 is 1.68 bits per heavy atom. The van der Waals surface area contributed by atoms with Gasteiger partial charge >= 0.3 is 0 Å². The van der Waals surface area contributed by atoms with Crippen LogP contribution in [0.15, 0.2) is 42.7 Å². The van der Waals surface area contributed by atoms with Crippen LogP contribution in [0.1, 0.15) is 45.1 Å². The fourth-order valence-corrected chi connectivity index (χ4v) is 3.33. The van der Waals surface area contributed by atoms with Gasteiger partial charge in [-0.2, -0.15) is 0 Å². The molecule has 2 aromatic rings. The first-order valence-electron chi connectivity index (χ1n) is 9.28. The van der Waals surface area contributed by atoms with E-state index in [-0.39, 0.29) is 0 Å². The van der Waals surface area contributed by atoms with Crippen molar-refractivity contribution in [3.63, 3.8) is 0 Å². The minimum Gasteiger partial charge on any atom is -0.486 e. The molecular formula is C20H28N4O. The summed E-state index contributed by atoms with van der Waals surface area (Å²) in [6.07, 6.45) is 8.02. The number of hydrogen-bond acceptors (Lipinski definition) is 5. The Labute approximate surface area is 150 Å². The van der Waals surface area contributed by atoms with Crippen LogP contribution in [0.2, 0.25) is 0 Å². The summed E-state index contributed by atoms with van der Waals surface area (Å²) in [5, 5.41) is 7.20.